The molecule has 0 bridgehead atoms. The summed E-state index contributed by atoms with van der Waals surface area (Å²) in [7, 11) is 0. The third-order valence-corrected chi connectivity index (χ3v) is 1.98. The molecule has 0 amide bonds. The highest BCUT2D eigenvalue weighted by atomic mass is 16.3. The van der Waals surface area contributed by atoms with Crippen LogP contribution in [0.5, 0.6) is 5.75 Å². The van der Waals surface area contributed by atoms with Crippen molar-refractivity contribution >= 4 is 11.0 Å². The highest BCUT2D eigenvalue weighted by molar-refractivity contribution is 5.86. The summed E-state index contributed by atoms with van der Waals surface area (Å²) in [5.74, 6) is 1.11. The average Bonchev–Trinajstić information content (AvgIpc) is 2.41. The molecule has 2 nitrogen and oxygen atoms in total. The Morgan fingerprint density at radius 3 is 2.67 bits per heavy atom. The highest BCUT2D eigenvalue weighted by Crippen LogP contribution is 2.29. The Morgan fingerprint density at radius 2 is 2.00 bits per heavy atom. The first-order valence-corrected chi connectivity index (χ1v) is 3.87. The second kappa shape index (κ2) is 2.27. The molecular weight excluding hydrogens is 152 g/mol. The van der Waals surface area contributed by atoms with Crippen molar-refractivity contribution in [3.63, 3.8) is 0 Å². The largest absolute Gasteiger partial charge is 0.507 e. The molecule has 1 aromatic carbocycles. The summed E-state index contributed by atoms with van der Waals surface area (Å²) in [6.45, 7) is 3.84. The third kappa shape index (κ3) is 0.881. The predicted molar refractivity (Wildman–Crippen MR) is 47.4 cm³/mol. The van der Waals surface area contributed by atoms with E-state index in [2.05, 4.69) is 0 Å². The fraction of sp³-hybridized carbons (Fsp3) is 0.200. The lowest BCUT2D eigenvalue weighted by Gasteiger charge is -1.95. The van der Waals surface area contributed by atoms with Gasteiger partial charge in [0.1, 0.15) is 17.1 Å². The number of rotatable bonds is 0. The molecule has 0 atom stereocenters. The Kier molecular flexibility index (Phi) is 1.37. The number of aryl methyl sites for hydroxylation is 2. The second-order valence-electron chi connectivity index (χ2n) is 3.00. The normalized spacial score (nSPS) is 10.8. The average molecular weight is 162 g/mol. The molecule has 2 rings (SSSR count). The fourth-order valence-corrected chi connectivity index (χ4v) is 1.37. The van der Waals surface area contributed by atoms with E-state index >= 15 is 0 Å². The van der Waals surface area contributed by atoms with E-state index in [1.54, 1.807) is 6.07 Å². The van der Waals surface area contributed by atoms with Gasteiger partial charge < -0.3 is 9.52 Å². The molecule has 12 heavy (non-hydrogen) atoms. The molecule has 62 valence electrons. The van der Waals surface area contributed by atoms with Gasteiger partial charge in [0.15, 0.2) is 0 Å². The maximum Gasteiger partial charge on any atom is 0.140 e. The van der Waals surface area contributed by atoms with Crippen LogP contribution in [0.4, 0.5) is 0 Å². The van der Waals surface area contributed by atoms with Crippen LogP contribution in [0, 0.1) is 13.8 Å². The third-order valence-electron chi connectivity index (χ3n) is 1.98. The second-order valence-corrected chi connectivity index (χ2v) is 3.00. The standard InChI is InChI=1S/C10H10O2/c1-6-3-4-9(11)8-5-7(2)12-10(6)8/h3-5,11H,1-2H3. The van der Waals surface area contributed by atoms with E-state index in [9.17, 15) is 5.11 Å². The fourth-order valence-electron chi connectivity index (χ4n) is 1.37. The predicted octanol–water partition coefficient (Wildman–Crippen LogP) is 2.76. The number of hydrogen-bond donors (Lipinski definition) is 1. The van der Waals surface area contributed by atoms with Gasteiger partial charge in [-0.05, 0) is 31.5 Å². The molecule has 0 aliphatic carbocycles. The number of phenols is 1. The molecule has 0 spiro atoms. The van der Waals surface area contributed by atoms with Gasteiger partial charge in [0.25, 0.3) is 0 Å². The zero-order valence-corrected chi connectivity index (χ0v) is 7.09. The summed E-state index contributed by atoms with van der Waals surface area (Å²) < 4.78 is 5.42. The summed E-state index contributed by atoms with van der Waals surface area (Å²) in [5, 5.41) is 10.2. The van der Waals surface area contributed by atoms with Crippen molar-refractivity contribution in [2.24, 2.45) is 0 Å². The van der Waals surface area contributed by atoms with Gasteiger partial charge in [0.05, 0.1) is 5.39 Å². The number of hydrogen-bond acceptors (Lipinski definition) is 2. The topological polar surface area (TPSA) is 33.4 Å². The minimum atomic E-state index is 0.285. The number of fused-ring (bicyclic) bond motifs is 1. The lowest BCUT2D eigenvalue weighted by atomic mass is 10.1. The minimum Gasteiger partial charge on any atom is -0.507 e. The first kappa shape index (κ1) is 7.22. The van der Waals surface area contributed by atoms with Crippen LogP contribution in [0.2, 0.25) is 0 Å². The molecule has 1 N–H and O–H groups in total. The van der Waals surface area contributed by atoms with Gasteiger partial charge in [-0.2, -0.15) is 0 Å². The monoisotopic (exact) mass is 162 g/mol. The van der Waals surface area contributed by atoms with Crippen molar-refractivity contribution in [3.05, 3.63) is 29.5 Å². The maximum atomic E-state index is 9.45. The molecule has 0 saturated carbocycles. The molecule has 0 saturated heterocycles. The zero-order valence-electron chi connectivity index (χ0n) is 7.09. The van der Waals surface area contributed by atoms with Crippen molar-refractivity contribution in [3.8, 4) is 5.75 Å². The van der Waals surface area contributed by atoms with Crippen LogP contribution in [-0.4, -0.2) is 5.11 Å². The first-order chi connectivity index (χ1) is 5.68. The molecule has 1 aromatic heterocycles. The van der Waals surface area contributed by atoms with Gasteiger partial charge in [0.2, 0.25) is 0 Å². The van der Waals surface area contributed by atoms with Crippen molar-refractivity contribution in [1.82, 2.24) is 0 Å². The molecular formula is C10H10O2. The van der Waals surface area contributed by atoms with Crippen molar-refractivity contribution < 1.29 is 9.52 Å². The number of phenolic OH excluding ortho intramolecular Hbond substituents is 1. The highest BCUT2D eigenvalue weighted by Gasteiger charge is 2.06. The summed E-state index contributed by atoms with van der Waals surface area (Å²) in [5.41, 5.74) is 1.84. The molecule has 0 unspecified atom stereocenters. The van der Waals surface area contributed by atoms with Crippen LogP contribution in [-0.2, 0) is 0 Å². The van der Waals surface area contributed by atoms with Crippen LogP contribution < -0.4 is 0 Å². The van der Waals surface area contributed by atoms with Crippen LogP contribution >= 0.6 is 0 Å². The summed E-state index contributed by atoms with van der Waals surface area (Å²) in [4.78, 5) is 0. The van der Waals surface area contributed by atoms with Crippen LogP contribution in [0.1, 0.15) is 11.3 Å². The van der Waals surface area contributed by atoms with Crippen LogP contribution in [0.25, 0.3) is 11.0 Å². The van der Waals surface area contributed by atoms with Crippen LogP contribution in [0.15, 0.2) is 22.6 Å². The van der Waals surface area contributed by atoms with Gasteiger partial charge in [-0.3, -0.25) is 0 Å². The number of aromatic hydroxyl groups is 1. The zero-order chi connectivity index (χ0) is 8.72. The Bertz CT molecular complexity index is 388. The van der Waals surface area contributed by atoms with Gasteiger partial charge >= 0.3 is 0 Å². The van der Waals surface area contributed by atoms with E-state index in [0.717, 1.165) is 22.3 Å². The Balaban J connectivity index is 2.93. The van der Waals surface area contributed by atoms with Crippen molar-refractivity contribution in [2.75, 3.05) is 0 Å². The summed E-state index contributed by atoms with van der Waals surface area (Å²) >= 11 is 0. The Morgan fingerprint density at radius 1 is 1.25 bits per heavy atom. The molecule has 2 heteroatoms. The van der Waals surface area contributed by atoms with Gasteiger partial charge in [0, 0.05) is 0 Å². The SMILES string of the molecule is Cc1cc2c(O)ccc(C)c2o1. The number of benzene rings is 1. The molecule has 0 aliphatic rings. The molecule has 0 aliphatic heterocycles. The van der Waals surface area contributed by atoms with Crippen LogP contribution in [0.3, 0.4) is 0 Å². The lowest BCUT2D eigenvalue weighted by molar-refractivity contribution is 0.481. The lowest BCUT2D eigenvalue weighted by Crippen LogP contribution is -1.72. The minimum absolute atomic E-state index is 0.285. The van der Waals surface area contributed by atoms with E-state index in [0.29, 0.717) is 0 Å². The molecule has 2 aromatic rings. The van der Waals surface area contributed by atoms with Gasteiger partial charge in [-0.1, -0.05) is 6.07 Å². The van der Waals surface area contributed by atoms with E-state index in [4.69, 9.17) is 4.42 Å². The maximum absolute atomic E-state index is 9.45. The molecule has 0 radical (unpaired) electrons. The van der Waals surface area contributed by atoms with Crippen molar-refractivity contribution in [1.29, 1.82) is 0 Å². The van der Waals surface area contributed by atoms with E-state index in [1.807, 2.05) is 26.0 Å². The Labute approximate surface area is 70.4 Å². The molecule has 0 fully saturated rings. The Hall–Kier alpha value is -1.44. The quantitative estimate of drug-likeness (QED) is 0.646. The number of furan rings is 1. The van der Waals surface area contributed by atoms with Crippen molar-refractivity contribution in [2.45, 2.75) is 13.8 Å². The summed E-state index contributed by atoms with van der Waals surface area (Å²) in [6, 6.07) is 5.38. The smallest absolute Gasteiger partial charge is 0.140 e. The summed E-state index contributed by atoms with van der Waals surface area (Å²) in [6.07, 6.45) is 0. The first-order valence-electron chi connectivity index (χ1n) is 3.87. The molecule has 1 heterocycles. The van der Waals surface area contributed by atoms with E-state index in [-0.39, 0.29) is 5.75 Å². The van der Waals surface area contributed by atoms with E-state index in [1.165, 1.54) is 0 Å². The van der Waals surface area contributed by atoms with Gasteiger partial charge in [-0.25, -0.2) is 0 Å². The van der Waals surface area contributed by atoms with Gasteiger partial charge in [-0.15, -0.1) is 0 Å². The van der Waals surface area contributed by atoms with E-state index < -0.39 is 0 Å².